The van der Waals surface area contributed by atoms with Crippen LogP contribution >= 0.6 is 0 Å². The van der Waals surface area contributed by atoms with Crippen LogP contribution in [0.1, 0.15) is 11.3 Å². The first-order chi connectivity index (χ1) is 9.72. The fourth-order valence-electron chi connectivity index (χ4n) is 2.58. The summed E-state index contributed by atoms with van der Waals surface area (Å²) in [5.74, 6) is 0.109. The maximum Gasteiger partial charge on any atom is 0.121 e. The molecule has 2 N–H and O–H groups in total. The number of nitrogens with zero attached hydrogens (tertiary/aromatic N) is 1. The predicted octanol–water partition coefficient (Wildman–Crippen LogP) is 3.41. The van der Waals surface area contributed by atoms with E-state index in [4.69, 9.17) is 0 Å². The molecule has 0 fully saturated rings. The molecule has 100 valence electrons. The maximum absolute atomic E-state index is 9.94. The van der Waals surface area contributed by atoms with E-state index in [0.717, 1.165) is 27.6 Å². The average Bonchev–Trinajstić information content (AvgIpc) is 2.47. The van der Waals surface area contributed by atoms with Crippen molar-refractivity contribution < 1.29 is 10.2 Å². The maximum atomic E-state index is 9.94. The summed E-state index contributed by atoms with van der Waals surface area (Å²) >= 11 is 0. The van der Waals surface area contributed by atoms with Crippen molar-refractivity contribution in [1.82, 2.24) is 4.98 Å². The first-order valence-corrected chi connectivity index (χ1v) is 6.49. The topological polar surface area (TPSA) is 53.4 Å². The van der Waals surface area contributed by atoms with Gasteiger partial charge in [-0.15, -0.1) is 0 Å². The number of hydrogen-bond acceptors (Lipinski definition) is 3. The van der Waals surface area contributed by atoms with Crippen molar-refractivity contribution in [3.8, 4) is 16.9 Å². The third kappa shape index (κ3) is 1.92. The molecule has 0 unspecified atom stereocenters. The molecule has 1 heterocycles. The molecule has 0 radical (unpaired) electrons. The van der Waals surface area contributed by atoms with E-state index < -0.39 is 0 Å². The lowest BCUT2D eigenvalue weighted by Crippen LogP contribution is -1.95. The quantitative estimate of drug-likeness (QED) is 0.746. The van der Waals surface area contributed by atoms with Crippen LogP contribution in [0.25, 0.3) is 21.9 Å². The Morgan fingerprint density at radius 1 is 1.05 bits per heavy atom. The summed E-state index contributed by atoms with van der Waals surface area (Å²) in [5, 5.41) is 21.6. The SMILES string of the molecule is Cc1ncc2ccccc2c1-c1cccc(O)c1CO. The molecule has 0 aliphatic rings. The minimum atomic E-state index is -0.204. The standard InChI is InChI=1S/C17H15NO2/c1-11-17(13-6-3-2-5-12(13)9-18-11)14-7-4-8-16(20)15(14)10-19/h2-9,19-20H,10H2,1H3. The lowest BCUT2D eigenvalue weighted by molar-refractivity contribution is 0.276. The van der Waals surface area contributed by atoms with Crippen LogP contribution < -0.4 is 0 Å². The molecule has 0 aliphatic carbocycles. The number of aliphatic hydroxyl groups is 1. The highest BCUT2D eigenvalue weighted by Crippen LogP contribution is 2.35. The fourth-order valence-corrected chi connectivity index (χ4v) is 2.58. The molecule has 0 spiro atoms. The molecule has 0 saturated carbocycles. The number of benzene rings is 2. The van der Waals surface area contributed by atoms with Gasteiger partial charge in [0, 0.05) is 28.4 Å². The molecule has 0 aliphatic heterocycles. The molecule has 0 saturated heterocycles. The molecule has 1 aromatic heterocycles. The summed E-state index contributed by atoms with van der Waals surface area (Å²) in [6, 6.07) is 13.3. The first-order valence-electron chi connectivity index (χ1n) is 6.49. The van der Waals surface area contributed by atoms with E-state index in [9.17, 15) is 10.2 Å². The minimum Gasteiger partial charge on any atom is -0.508 e. The van der Waals surface area contributed by atoms with Crippen molar-refractivity contribution in [2.24, 2.45) is 0 Å². The van der Waals surface area contributed by atoms with Gasteiger partial charge >= 0.3 is 0 Å². The van der Waals surface area contributed by atoms with Gasteiger partial charge in [-0.05, 0) is 23.9 Å². The second-order valence-corrected chi connectivity index (χ2v) is 4.77. The number of pyridine rings is 1. The second kappa shape index (κ2) is 4.94. The molecule has 3 rings (SSSR count). The normalized spacial score (nSPS) is 10.9. The van der Waals surface area contributed by atoms with Gasteiger partial charge in [0.2, 0.25) is 0 Å². The van der Waals surface area contributed by atoms with E-state index in [0.29, 0.717) is 5.56 Å². The Morgan fingerprint density at radius 2 is 1.85 bits per heavy atom. The Kier molecular flexibility index (Phi) is 3.12. The van der Waals surface area contributed by atoms with Crippen molar-refractivity contribution in [2.75, 3.05) is 0 Å². The van der Waals surface area contributed by atoms with Gasteiger partial charge < -0.3 is 10.2 Å². The Labute approximate surface area is 117 Å². The van der Waals surface area contributed by atoms with Crippen molar-refractivity contribution in [3.05, 3.63) is 59.9 Å². The molecule has 20 heavy (non-hydrogen) atoms. The molecule has 2 aromatic carbocycles. The van der Waals surface area contributed by atoms with E-state index in [1.807, 2.05) is 43.5 Å². The Balaban J connectivity index is 2.40. The van der Waals surface area contributed by atoms with Gasteiger partial charge in [0.05, 0.1) is 6.61 Å². The van der Waals surface area contributed by atoms with Gasteiger partial charge in [0.25, 0.3) is 0 Å². The number of fused-ring (bicyclic) bond motifs is 1. The summed E-state index contributed by atoms with van der Waals surface area (Å²) in [4.78, 5) is 4.43. The van der Waals surface area contributed by atoms with Crippen LogP contribution in [-0.2, 0) is 6.61 Å². The van der Waals surface area contributed by atoms with Gasteiger partial charge in [0.15, 0.2) is 0 Å². The molecule has 0 bridgehead atoms. The van der Waals surface area contributed by atoms with Crippen molar-refractivity contribution in [2.45, 2.75) is 13.5 Å². The van der Waals surface area contributed by atoms with Crippen molar-refractivity contribution in [3.63, 3.8) is 0 Å². The third-order valence-electron chi connectivity index (χ3n) is 3.57. The van der Waals surface area contributed by atoms with E-state index >= 15 is 0 Å². The Morgan fingerprint density at radius 3 is 2.65 bits per heavy atom. The van der Waals surface area contributed by atoms with Crippen molar-refractivity contribution >= 4 is 10.8 Å². The van der Waals surface area contributed by atoms with Crippen molar-refractivity contribution in [1.29, 1.82) is 0 Å². The second-order valence-electron chi connectivity index (χ2n) is 4.77. The van der Waals surface area contributed by atoms with E-state index in [1.165, 1.54) is 0 Å². The van der Waals surface area contributed by atoms with Crippen LogP contribution in [0.4, 0.5) is 0 Å². The van der Waals surface area contributed by atoms with E-state index in [2.05, 4.69) is 4.98 Å². The molecule has 0 atom stereocenters. The summed E-state index contributed by atoms with van der Waals surface area (Å²) < 4.78 is 0. The van der Waals surface area contributed by atoms with Crippen LogP contribution in [0, 0.1) is 6.92 Å². The van der Waals surface area contributed by atoms with Gasteiger partial charge in [-0.2, -0.15) is 0 Å². The monoisotopic (exact) mass is 265 g/mol. The minimum absolute atomic E-state index is 0.109. The molecular weight excluding hydrogens is 250 g/mol. The Hall–Kier alpha value is -2.39. The molecule has 3 aromatic rings. The van der Waals surface area contributed by atoms with Gasteiger partial charge in [-0.25, -0.2) is 0 Å². The number of aromatic hydroxyl groups is 1. The summed E-state index contributed by atoms with van der Waals surface area (Å²) in [5.41, 5.74) is 3.20. The van der Waals surface area contributed by atoms with E-state index in [1.54, 1.807) is 12.1 Å². The Bertz CT molecular complexity index is 781. The highest BCUT2D eigenvalue weighted by atomic mass is 16.3. The van der Waals surface area contributed by atoms with Crippen LogP contribution in [0.2, 0.25) is 0 Å². The molecule has 3 heteroatoms. The third-order valence-corrected chi connectivity index (χ3v) is 3.57. The zero-order chi connectivity index (χ0) is 14.1. The number of hydrogen-bond donors (Lipinski definition) is 2. The van der Waals surface area contributed by atoms with E-state index in [-0.39, 0.29) is 12.4 Å². The number of phenols is 1. The average molecular weight is 265 g/mol. The lowest BCUT2D eigenvalue weighted by Gasteiger charge is -2.14. The predicted molar refractivity (Wildman–Crippen MR) is 79.5 cm³/mol. The number of aryl methyl sites for hydroxylation is 1. The van der Waals surface area contributed by atoms with Crippen LogP contribution in [0.15, 0.2) is 48.7 Å². The number of rotatable bonds is 2. The highest BCUT2D eigenvalue weighted by Gasteiger charge is 2.14. The van der Waals surface area contributed by atoms with Crippen LogP contribution in [-0.4, -0.2) is 15.2 Å². The highest BCUT2D eigenvalue weighted by molar-refractivity contribution is 5.98. The lowest BCUT2D eigenvalue weighted by atomic mass is 9.94. The molecule has 3 nitrogen and oxygen atoms in total. The fraction of sp³-hybridized carbons (Fsp3) is 0.118. The van der Waals surface area contributed by atoms with Gasteiger partial charge in [-0.1, -0.05) is 36.4 Å². The number of aliphatic hydroxyl groups excluding tert-OH is 1. The summed E-state index contributed by atoms with van der Waals surface area (Å²) in [6.45, 7) is 1.73. The molecular formula is C17H15NO2. The zero-order valence-electron chi connectivity index (χ0n) is 11.2. The van der Waals surface area contributed by atoms with Crippen LogP contribution in [0.3, 0.4) is 0 Å². The largest absolute Gasteiger partial charge is 0.508 e. The number of aromatic nitrogens is 1. The summed E-state index contributed by atoms with van der Waals surface area (Å²) in [6.07, 6.45) is 1.84. The first kappa shape index (κ1) is 12.6. The van der Waals surface area contributed by atoms with Crippen LogP contribution in [0.5, 0.6) is 5.75 Å². The zero-order valence-corrected chi connectivity index (χ0v) is 11.2. The van der Waals surface area contributed by atoms with Gasteiger partial charge in [-0.3, -0.25) is 4.98 Å². The summed E-state index contributed by atoms with van der Waals surface area (Å²) in [7, 11) is 0. The smallest absolute Gasteiger partial charge is 0.121 e. The van der Waals surface area contributed by atoms with Gasteiger partial charge in [0.1, 0.15) is 5.75 Å². The molecule has 0 amide bonds.